The van der Waals surface area contributed by atoms with Gasteiger partial charge in [0.1, 0.15) is 4.33 Å². The molecule has 0 unspecified atom stereocenters. The molecule has 1 saturated heterocycles. The fourth-order valence-electron chi connectivity index (χ4n) is 3.61. The second-order valence-corrected chi connectivity index (χ2v) is 7.08. The predicted octanol–water partition coefficient (Wildman–Crippen LogP) is 3.38. The molecule has 0 spiro atoms. The Labute approximate surface area is 95.1 Å². The number of hydrogen-bond acceptors (Lipinski definition) is 1. The number of ether oxygens (including phenoxy) is 1. The Hall–Kier alpha value is 0.540. The van der Waals surface area contributed by atoms with Crippen molar-refractivity contribution in [3.63, 3.8) is 0 Å². The molecule has 0 aromatic heterocycles. The highest BCUT2D eigenvalue weighted by Crippen LogP contribution is 2.81. The molecule has 3 heteroatoms. The molecule has 1 heterocycles. The van der Waals surface area contributed by atoms with Gasteiger partial charge in [-0.25, -0.2) is 0 Å². The number of epoxide rings is 1. The maximum absolute atomic E-state index is 6.42. The molecule has 0 amide bonds. The van der Waals surface area contributed by atoms with E-state index < -0.39 is 4.33 Å². The van der Waals surface area contributed by atoms with Crippen molar-refractivity contribution in [2.75, 3.05) is 0 Å². The average Bonchev–Trinajstić information content (AvgIpc) is 2.83. The van der Waals surface area contributed by atoms with Crippen LogP contribution in [-0.2, 0) is 4.74 Å². The van der Waals surface area contributed by atoms with E-state index in [0.29, 0.717) is 17.9 Å². The van der Waals surface area contributed by atoms with Crippen LogP contribution in [0.1, 0.15) is 33.6 Å². The number of rotatable bonds is 1. The summed E-state index contributed by atoms with van der Waals surface area (Å²) in [6.45, 7) is 6.64. The van der Waals surface area contributed by atoms with Crippen LogP contribution in [0.4, 0.5) is 0 Å². The zero-order chi connectivity index (χ0) is 10.4. The van der Waals surface area contributed by atoms with Crippen LogP contribution in [0.25, 0.3) is 0 Å². The predicted molar refractivity (Wildman–Crippen MR) is 57.7 cm³/mol. The lowest BCUT2D eigenvalue weighted by Gasteiger charge is -2.25. The van der Waals surface area contributed by atoms with Crippen LogP contribution in [-0.4, -0.2) is 16.0 Å². The van der Waals surface area contributed by atoms with Gasteiger partial charge in [0, 0.05) is 11.3 Å². The van der Waals surface area contributed by atoms with E-state index in [-0.39, 0.29) is 11.0 Å². The van der Waals surface area contributed by atoms with Crippen LogP contribution in [0, 0.1) is 17.3 Å². The summed E-state index contributed by atoms with van der Waals surface area (Å²) >= 11 is 12.8. The van der Waals surface area contributed by atoms with E-state index in [1.54, 1.807) is 0 Å². The lowest BCUT2D eigenvalue weighted by Crippen LogP contribution is -2.27. The standard InChI is InChI=1S/C11H16Cl2O/c1-6(2)10-5-8-9(3,14-8)4-7(10)11(10,12)13/h6-8H,4-5H2,1-3H3/t7-,8+,9-,10-/m0/s1. The quantitative estimate of drug-likeness (QED) is 0.501. The van der Waals surface area contributed by atoms with Crippen molar-refractivity contribution in [3.05, 3.63) is 0 Å². The summed E-state index contributed by atoms with van der Waals surface area (Å²) in [4.78, 5) is 0. The minimum Gasteiger partial charge on any atom is -0.366 e. The topological polar surface area (TPSA) is 12.5 Å². The van der Waals surface area contributed by atoms with Crippen LogP contribution in [0.5, 0.6) is 0 Å². The van der Waals surface area contributed by atoms with E-state index in [2.05, 4.69) is 20.8 Å². The van der Waals surface area contributed by atoms with E-state index in [0.717, 1.165) is 12.8 Å². The summed E-state index contributed by atoms with van der Waals surface area (Å²) in [6.07, 6.45) is 2.52. The Morgan fingerprint density at radius 2 is 1.93 bits per heavy atom. The van der Waals surface area contributed by atoms with Gasteiger partial charge in [0.05, 0.1) is 11.7 Å². The molecule has 0 radical (unpaired) electrons. The third kappa shape index (κ3) is 0.842. The summed E-state index contributed by atoms with van der Waals surface area (Å²) in [6, 6.07) is 0. The molecule has 0 aromatic carbocycles. The van der Waals surface area contributed by atoms with Crippen molar-refractivity contribution in [1.29, 1.82) is 0 Å². The SMILES string of the molecule is CC(C)[C@@]12C[C@H]3O[C@@]3(C)C[C@@H]1C2(Cl)Cl. The largest absolute Gasteiger partial charge is 0.366 e. The normalized spacial score (nSPS) is 57.9. The van der Waals surface area contributed by atoms with Crippen molar-refractivity contribution in [2.24, 2.45) is 17.3 Å². The molecule has 0 bridgehead atoms. The van der Waals surface area contributed by atoms with E-state index in [4.69, 9.17) is 27.9 Å². The van der Waals surface area contributed by atoms with Crippen LogP contribution in [0.15, 0.2) is 0 Å². The minimum absolute atomic E-state index is 0.106. The van der Waals surface area contributed by atoms with Gasteiger partial charge in [-0.2, -0.15) is 0 Å². The smallest absolute Gasteiger partial charge is 0.128 e. The second kappa shape index (κ2) is 2.28. The minimum atomic E-state index is -0.485. The maximum atomic E-state index is 6.42. The summed E-state index contributed by atoms with van der Waals surface area (Å²) in [5.41, 5.74) is 0.241. The maximum Gasteiger partial charge on any atom is 0.128 e. The fraction of sp³-hybridized carbons (Fsp3) is 1.00. The van der Waals surface area contributed by atoms with Crippen molar-refractivity contribution in [2.45, 2.75) is 49.7 Å². The highest BCUT2D eigenvalue weighted by molar-refractivity contribution is 6.52. The molecule has 1 nitrogen and oxygen atoms in total. The van der Waals surface area contributed by atoms with Gasteiger partial charge in [0.15, 0.2) is 0 Å². The first kappa shape index (κ1) is 9.74. The van der Waals surface area contributed by atoms with Crippen LogP contribution in [0.2, 0.25) is 0 Å². The number of alkyl halides is 2. The molecular weight excluding hydrogens is 219 g/mol. The molecular formula is C11H16Cl2O. The van der Waals surface area contributed by atoms with E-state index in [1.807, 2.05) is 0 Å². The highest BCUT2D eigenvalue weighted by atomic mass is 35.5. The van der Waals surface area contributed by atoms with Crippen molar-refractivity contribution in [1.82, 2.24) is 0 Å². The summed E-state index contributed by atoms with van der Waals surface area (Å²) in [7, 11) is 0. The zero-order valence-corrected chi connectivity index (χ0v) is 10.3. The fourth-order valence-corrected chi connectivity index (χ4v) is 4.90. The van der Waals surface area contributed by atoms with E-state index in [9.17, 15) is 0 Å². The first-order chi connectivity index (χ1) is 6.34. The third-order valence-electron chi connectivity index (χ3n) is 4.79. The first-order valence-electron chi connectivity index (χ1n) is 5.40. The first-order valence-corrected chi connectivity index (χ1v) is 6.16. The lowest BCUT2D eigenvalue weighted by atomic mass is 9.77. The molecule has 2 aliphatic carbocycles. The van der Waals surface area contributed by atoms with Crippen molar-refractivity contribution in [3.8, 4) is 0 Å². The van der Waals surface area contributed by atoms with Gasteiger partial charge in [0.25, 0.3) is 0 Å². The highest BCUT2D eigenvalue weighted by Gasteiger charge is 2.83. The van der Waals surface area contributed by atoms with E-state index in [1.165, 1.54) is 0 Å². The van der Waals surface area contributed by atoms with Crippen LogP contribution in [0.3, 0.4) is 0 Å². The zero-order valence-electron chi connectivity index (χ0n) is 8.81. The Morgan fingerprint density at radius 3 is 2.50 bits per heavy atom. The average molecular weight is 235 g/mol. The Balaban J connectivity index is 1.93. The lowest BCUT2D eigenvalue weighted by molar-refractivity contribution is 0.254. The van der Waals surface area contributed by atoms with Gasteiger partial charge in [-0.3, -0.25) is 0 Å². The van der Waals surface area contributed by atoms with Crippen LogP contribution >= 0.6 is 23.2 Å². The van der Waals surface area contributed by atoms with E-state index >= 15 is 0 Å². The van der Waals surface area contributed by atoms with Gasteiger partial charge in [-0.15, -0.1) is 23.2 Å². The van der Waals surface area contributed by atoms with Crippen molar-refractivity contribution >= 4 is 23.2 Å². The number of fused-ring (bicyclic) bond motifs is 2. The van der Waals surface area contributed by atoms with Gasteiger partial charge >= 0.3 is 0 Å². The summed E-state index contributed by atoms with van der Waals surface area (Å²) in [5, 5.41) is 0. The van der Waals surface area contributed by atoms with Gasteiger partial charge in [0.2, 0.25) is 0 Å². The third-order valence-corrected chi connectivity index (χ3v) is 6.03. The summed E-state index contributed by atoms with van der Waals surface area (Å²) in [5.74, 6) is 0.998. The molecule has 2 saturated carbocycles. The Kier molecular flexibility index (Phi) is 1.59. The molecule has 3 aliphatic rings. The molecule has 0 N–H and O–H groups in total. The molecule has 80 valence electrons. The second-order valence-electron chi connectivity index (χ2n) is 5.70. The Morgan fingerprint density at radius 1 is 1.29 bits per heavy atom. The molecule has 4 atom stereocenters. The van der Waals surface area contributed by atoms with Gasteiger partial charge in [-0.1, -0.05) is 13.8 Å². The number of halogens is 2. The molecule has 0 aromatic rings. The molecule has 14 heavy (non-hydrogen) atoms. The molecule has 3 rings (SSSR count). The van der Waals surface area contributed by atoms with Crippen LogP contribution < -0.4 is 0 Å². The monoisotopic (exact) mass is 234 g/mol. The molecule has 3 fully saturated rings. The Bertz CT molecular complexity index is 302. The van der Waals surface area contributed by atoms with Gasteiger partial charge in [-0.05, 0) is 25.7 Å². The number of hydrogen-bond donors (Lipinski definition) is 0. The molecule has 1 aliphatic heterocycles. The summed E-state index contributed by atoms with van der Waals surface area (Å²) < 4.78 is 5.23. The van der Waals surface area contributed by atoms with Gasteiger partial charge < -0.3 is 4.74 Å². The van der Waals surface area contributed by atoms with Crippen molar-refractivity contribution < 1.29 is 4.74 Å².